The second kappa shape index (κ2) is 9.42. The number of sulfonamides is 1. The number of carbonyl (C=O) groups is 1. The number of amides is 1. The SMILES string of the molecule is O=C(c1ccc(S(=O)(=O)N2CCOCC2)cc1)N(Cc1cccnc1)Cc1ccco1. The van der Waals surface area contributed by atoms with E-state index in [1.54, 1.807) is 41.8 Å². The summed E-state index contributed by atoms with van der Waals surface area (Å²) in [5, 5.41) is 0. The molecule has 31 heavy (non-hydrogen) atoms. The average Bonchev–Trinajstić information content (AvgIpc) is 3.33. The van der Waals surface area contributed by atoms with E-state index in [0.717, 1.165) is 5.56 Å². The van der Waals surface area contributed by atoms with Crippen LogP contribution >= 0.6 is 0 Å². The lowest BCUT2D eigenvalue weighted by Gasteiger charge is -2.26. The van der Waals surface area contributed by atoms with Gasteiger partial charge in [-0.1, -0.05) is 6.07 Å². The molecule has 0 N–H and O–H groups in total. The molecule has 1 aromatic carbocycles. The minimum absolute atomic E-state index is 0.163. The third-order valence-electron chi connectivity index (χ3n) is 5.02. The predicted octanol–water partition coefficient (Wildman–Crippen LogP) is 2.54. The molecular weight excluding hydrogens is 418 g/mol. The van der Waals surface area contributed by atoms with Gasteiger partial charge >= 0.3 is 0 Å². The summed E-state index contributed by atoms with van der Waals surface area (Å²) in [6.45, 7) is 2.05. The maximum Gasteiger partial charge on any atom is 0.254 e. The fraction of sp³-hybridized carbons (Fsp3) is 0.273. The van der Waals surface area contributed by atoms with Crippen LogP contribution in [0.25, 0.3) is 0 Å². The topological polar surface area (TPSA) is 93.0 Å². The Morgan fingerprint density at radius 2 is 1.81 bits per heavy atom. The first kappa shape index (κ1) is 21.2. The summed E-state index contributed by atoms with van der Waals surface area (Å²) in [7, 11) is -3.61. The molecule has 0 aliphatic carbocycles. The smallest absolute Gasteiger partial charge is 0.254 e. The second-order valence-electron chi connectivity index (χ2n) is 7.14. The van der Waals surface area contributed by atoms with E-state index < -0.39 is 10.0 Å². The number of rotatable bonds is 7. The number of pyridine rings is 1. The third kappa shape index (κ3) is 5.01. The number of nitrogens with zero attached hydrogens (tertiary/aromatic N) is 3. The molecular formula is C22H23N3O5S. The molecule has 0 saturated carbocycles. The number of aromatic nitrogens is 1. The molecule has 8 nitrogen and oxygen atoms in total. The first-order valence-electron chi connectivity index (χ1n) is 9.92. The molecule has 0 spiro atoms. The Labute approximate surface area is 181 Å². The normalized spacial score (nSPS) is 15.0. The van der Waals surface area contributed by atoms with E-state index in [1.165, 1.54) is 16.4 Å². The number of carbonyl (C=O) groups excluding carboxylic acids is 1. The van der Waals surface area contributed by atoms with Gasteiger partial charge in [0.2, 0.25) is 10.0 Å². The van der Waals surface area contributed by atoms with Crippen molar-refractivity contribution in [3.8, 4) is 0 Å². The highest BCUT2D eigenvalue weighted by atomic mass is 32.2. The van der Waals surface area contributed by atoms with Gasteiger partial charge in [0.1, 0.15) is 5.76 Å². The summed E-state index contributed by atoms with van der Waals surface area (Å²) in [6.07, 6.45) is 4.95. The Kier molecular flexibility index (Phi) is 6.45. The van der Waals surface area contributed by atoms with Crippen molar-refractivity contribution in [1.29, 1.82) is 0 Å². The van der Waals surface area contributed by atoms with Gasteiger partial charge in [-0.2, -0.15) is 4.31 Å². The Bertz CT molecular complexity index is 1090. The van der Waals surface area contributed by atoms with Crippen LogP contribution in [0.4, 0.5) is 0 Å². The number of benzene rings is 1. The Morgan fingerprint density at radius 1 is 1.03 bits per heavy atom. The van der Waals surface area contributed by atoms with Gasteiger partial charge in [0.05, 0.1) is 30.9 Å². The zero-order valence-electron chi connectivity index (χ0n) is 16.9. The fourth-order valence-corrected chi connectivity index (χ4v) is 4.80. The van der Waals surface area contributed by atoms with Crippen molar-refractivity contribution in [2.75, 3.05) is 26.3 Å². The number of ether oxygens (including phenoxy) is 1. The summed E-state index contributed by atoms with van der Waals surface area (Å²) in [5.41, 5.74) is 1.28. The lowest BCUT2D eigenvalue weighted by Crippen LogP contribution is -2.40. The minimum atomic E-state index is -3.61. The minimum Gasteiger partial charge on any atom is -0.467 e. The lowest BCUT2D eigenvalue weighted by molar-refractivity contribution is 0.0717. The maximum absolute atomic E-state index is 13.2. The molecule has 2 aromatic heterocycles. The van der Waals surface area contributed by atoms with Gasteiger partial charge in [-0.25, -0.2) is 8.42 Å². The van der Waals surface area contributed by atoms with E-state index in [0.29, 0.717) is 44.2 Å². The summed E-state index contributed by atoms with van der Waals surface area (Å²) in [6, 6.07) is 13.3. The third-order valence-corrected chi connectivity index (χ3v) is 6.93. The van der Waals surface area contributed by atoms with E-state index >= 15 is 0 Å². The van der Waals surface area contributed by atoms with Crippen molar-refractivity contribution >= 4 is 15.9 Å². The summed E-state index contributed by atoms with van der Waals surface area (Å²) >= 11 is 0. The first-order valence-corrected chi connectivity index (χ1v) is 11.4. The molecule has 3 heterocycles. The summed E-state index contributed by atoms with van der Waals surface area (Å²) in [5.74, 6) is 0.430. The lowest BCUT2D eigenvalue weighted by atomic mass is 10.1. The molecule has 3 aromatic rings. The van der Waals surface area contributed by atoms with E-state index in [-0.39, 0.29) is 17.3 Å². The van der Waals surface area contributed by atoms with Gasteiger partial charge < -0.3 is 14.1 Å². The average molecular weight is 442 g/mol. The monoisotopic (exact) mass is 441 g/mol. The van der Waals surface area contributed by atoms with E-state index in [2.05, 4.69) is 4.98 Å². The van der Waals surface area contributed by atoms with E-state index in [1.807, 2.05) is 18.2 Å². The molecule has 0 bridgehead atoms. The van der Waals surface area contributed by atoms with Gasteiger partial charge in [-0.15, -0.1) is 0 Å². The summed E-state index contributed by atoms with van der Waals surface area (Å²) < 4.78 is 37.7. The van der Waals surface area contributed by atoms with Crippen LogP contribution in [0.5, 0.6) is 0 Å². The van der Waals surface area contributed by atoms with Crippen molar-refractivity contribution < 1.29 is 22.4 Å². The number of morpholine rings is 1. The zero-order chi connectivity index (χ0) is 21.7. The van der Waals surface area contributed by atoms with Gasteiger partial charge in [-0.3, -0.25) is 9.78 Å². The van der Waals surface area contributed by atoms with Crippen molar-refractivity contribution in [3.63, 3.8) is 0 Å². The number of furan rings is 1. The first-order chi connectivity index (χ1) is 15.0. The molecule has 1 aliphatic heterocycles. The highest BCUT2D eigenvalue weighted by Crippen LogP contribution is 2.20. The van der Waals surface area contributed by atoms with Crippen LogP contribution in [0.15, 0.2) is 76.5 Å². The van der Waals surface area contributed by atoms with Crippen LogP contribution in [0.1, 0.15) is 21.7 Å². The van der Waals surface area contributed by atoms with Crippen molar-refractivity contribution in [2.24, 2.45) is 0 Å². The van der Waals surface area contributed by atoms with Crippen molar-refractivity contribution in [3.05, 3.63) is 84.1 Å². The molecule has 9 heteroatoms. The molecule has 1 aliphatic rings. The highest BCUT2D eigenvalue weighted by Gasteiger charge is 2.27. The number of hydrogen-bond acceptors (Lipinski definition) is 6. The Morgan fingerprint density at radius 3 is 2.45 bits per heavy atom. The van der Waals surface area contributed by atoms with E-state index in [9.17, 15) is 13.2 Å². The Balaban J connectivity index is 1.55. The predicted molar refractivity (Wildman–Crippen MR) is 113 cm³/mol. The standard InChI is InChI=1S/C22H23N3O5S/c26-22(24(17-20-4-2-12-30-20)16-18-3-1-9-23-15-18)19-5-7-21(8-6-19)31(27,28)25-10-13-29-14-11-25/h1-9,12,15H,10-11,13-14,16-17H2. The van der Waals surface area contributed by atoms with Gasteiger partial charge in [0.15, 0.2) is 0 Å². The summed E-state index contributed by atoms with van der Waals surface area (Å²) in [4.78, 5) is 19.1. The Hall–Kier alpha value is -3.01. The molecule has 0 radical (unpaired) electrons. The van der Waals surface area contributed by atoms with Crippen LogP contribution in [0.2, 0.25) is 0 Å². The van der Waals surface area contributed by atoms with Crippen LogP contribution in [-0.2, 0) is 27.8 Å². The van der Waals surface area contributed by atoms with Gasteiger partial charge in [-0.05, 0) is 48.0 Å². The van der Waals surface area contributed by atoms with Gasteiger partial charge in [0.25, 0.3) is 5.91 Å². The van der Waals surface area contributed by atoms with Crippen molar-refractivity contribution in [1.82, 2.24) is 14.2 Å². The molecule has 4 rings (SSSR count). The molecule has 1 fully saturated rings. The van der Waals surface area contributed by atoms with Gasteiger partial charge in [0, 0.05) is 37.6 Å². The fourth-order valence-electron chi connectivity index (χ4n) is 3.39. The molecule has 162 valence electrons. The second-order valence-corrected chi connectivity index (χ2v) is 9.08. The van der Waals surface area contributed by atoms with Crippen LogP contribution < -0.4 is 0 Å². The highest BCUT2D eigenvalue weighted by molar-refractivity contribution is 7.89. The van der Waals surface area contributed by atoms with Crippen LogP contribution in [0.3, 0.4) is 0 Å². The largest absolute Gasteiger partial charge is 0.467 e. The molecule has 1 saturated heterocycles. The van der Waals surface area contributed by atoms with E-state index in [4.69, 9.17) is 9.15 Å². The molecule has 0 atom stereocenters. The zero-order valence-corrected chi connectivity index (χ0v) is 17.7. The molecule has 1 amide bonds. The van der Waals surface area contributed by atoms with Crippen LogP contribution in [0, 0.1) is 0 Å². The number of hydrogen-bond donors (Lipinski definition) is 0. The quantitative estimate of drug-likeness (QED) is 0.559. The van der Waals surface area contributed by atoms with Crippen LogP contribution in [-0.4, -0.2) is 54.8 Å². The van der Waals surface area contributed by atoms with Crippen molar-refractivity contribution in [2.45, 2.75) is 18.0 Å². The molecule has 0 unspecified atom stereocenters. The maximum atomic E-state index is 13.2.